The maximum atomic E-state index is 12.6. The van der Waals surface area contributed by atoms with Crippen molar-refractivity contribution in [2.45, 2.75) is 13.8 Å². The fraction of sp³-hybridized carbons (Fsp3) is 0.143. The number of nitrogens with zero attached hydrogens (tertiary/aromatic N) is 3. The number of aromatic nitrogens is 3. The summed E-state index contributed by atoms with van der Waals surface area (Å²) in [5, 5.41) is 5.29. The minimum absolute atomic E-state index is 0.195. The van der Waals surface area contributed by atoms with Crippen LogP contribution < -0.4 is 11.3 Å². The van der Waals surface area contributed by atoms with Crippen LogP contribution in [-0.2, 0) is 9.53 Å². The molecule has 2 N–H and O–H groups in total. The summed E-state index contributed by atoms with van der Waals surface area (Å²) in [4.78, 5) is 29.0. The van der Waals surface area contributed by atoms with Gasteiger partial charge in [-0.2, -0.15) is 14.6 Å². The SMILES string of the molecule is CCOC1=C/C(=C\c2c(N)n3nc(-c4ccccc4C)sc3nc2=O)C=CC1=O. The highest BCUT2D eigenvalue weighted by Crippen LogP contribution is 2.29. The number of nitrogens with two attached hydrogens (primary N) is 1. The number of carbonyl (C=O) groups excluding carboxylic acids is 1. The topological polar surface area (TPSA) is 99.6 Å². The molecule has 0 aliphatic heterocycles. The maximum absolute atomic E-state index is 12.6. The molecule has 0 atom stereocenters. The molecule has 0 radical (unpaired) electrons. The summed E-state index contributed by atoms with van der Waals surface area (Å²) in [6.07, 6.45) is 6.18. The number of benzene rings is 1. The minimum Gasteiger partial charge on any atom is -0.490 e. The fourth-order valence-corrected chi connectivity index (χ4v) is 3.98. The van der Waals surface area contributed by atoms with Crippen LogP contribution in [0.3, 0.4) is 0 Å². The highest BCUT2D eigenvalue weighted by Gasteiger charge is 2.17. The van der Waals surface area contributed by atoms with Crippen molar-refractivity contribution >= 4 is 34.0 Å². The molecule has 0 spiro atoms. The molecule has 3 aromatic rings. The lowest BCUT2D eigenvalue weighted by Crippen LogP contribution is -2.17. The molecule has 0 unspecified atom stereocenters. The number of carbonyl (C=O) groups is 1. The number of allylic oxidation sites excluding steroid dienone is 4. The molecular weight excluding hydrogens is 388 g/mol. The Hall–Kier alpha value is -3.52. The summed E-state index contributed by atoms with van der Waals surface area (Å²) in [5.41, 5.74) is 8.68. The number of ether oxygens (including phenoxy) is 1. The summed E-state index contributed by atoms with van der Waals surface area (Å²) >= 11 is 1.30. The second-order valence-corrected chi connectivity index (χ2v) is 7.37. The van der Waals surface area contributed by atoms with Crippen molar-refractivity contribution in [3.63, 3.8) is 0 Å². The van der Waals surface area contributed by atoms with Gasteiger partial charge in [0, 0.05) is 5.56 Å². The molecule has 0 fully saturated rings. The van der Waals surface area contributed by atoms with Crippen LogP contribution in [0.25, 0.3) is 21.6 Å². The van der Waals surface area contributed by atoms with Gasteiger partial charge in [-0.1, -0.05) is 41.7 Å². The van der Waals surface area contributed by atoms with Gasteiger partial charge >= 0.3 is 0 Å². The lowest BCUT2D eigenvalue weighted by molar-refractivity contribution is -0.114. The first-order valence-electron chi connectivity index (χ1n) is 9.02. The first kappa shape index (κ1) is 18.8. The molecule has 2 aromatic heterocycles. The highest BCUT2D eigenvalue weighted by molar-refractivity contribution is 7.19. The monoisotopic (exact) mass is 406 g/mol. The largest absolute Gasteiger partial charge is 0.490 e. The van der Waals surface area contributed by atoms with E-state index >= 15 is 0 Å². The Morgan fingerprint density at radius 3 is 2.79 bits per heavy atom. The number of fused-ring (bicyclic) bond motifs is 1. The third-order valence-corrected chi connectivity index (χ3v) is 5.39. The number of aryl methyl sites for hydroxylation is 1. The van der Waals surface area contributed by atoms with Gasteiger partial charge in [-0.05, 0) is 43.2 Å². The normalized spacial score (nSPS) is 15.2. The van der Waals surface area contributed by atoms with Crippen LogP contribution in [0, 0.1) is 6.92 Å². The molecule has 8 heteroatoms. The van der Waals surface area contributed by atoms with Crippen LogP contribution in [-0.4, -0.2) is 27.0 Å². The van der Waals surface area contributed by atoms with Crippen molar-refractivity contribution in [1.82, 2.24) is 14.6 Å². The second kappa shape index (κ2) is 7.48. The third kappa shape index (κ3) is 3.50. The predicted octanol–water partition coefficient (Wildman–Crippen LogP) is 3.15. The number of anilines is 1. The van der Waals surface area contributed by atoms with Gasteiger partial charge in [0.1, 0.15) is 10.8 Å². The van der Waals surface area contributed by atoms with Crippen LogP contribution in [0.1, 0.15) is 18.1 Å². The van der Waals surface area contributed by atoms with E-state index < -0.39 is 5.56 Å². The molecule has 1 aromatic carbocycles. The molecule has 1 aliphatic carbocycles. The summed E-state index contributed by atoms with van der Waals surface area (Å²) < 4.78 is 6.81. The molecular formula is C21H18N4O3S. The zero-order valence-electron chi connectivity index (χ0n) is 15.9. The summed E-state index contributed by atoms with van der Waals surface area (Å²) in [6.45, 7) is 4.17. The van der Waals surface area contributed by atoms with Gasteiger partial charge in [0.05, 0.1) is 12.2 Å². The quantitative estimate of drug-likeness (QED) is 0.714. The number of hydrogen-bond acceptors (Lipinski definition) is 7. The van der Waals surface area contributed by atoms with E-state index in [1.807, 2.05) is 31.2 Å². The molecule has 29 heavy (non-hydrogen) atoms. The molecule has 4 rings (SSSR count). The van der Waals surface area contributed by atoms with E-state index in [2.05, 4.69) is 10.1 Å². The molecule has 0 saturated carbocycles. The Bertz CT molecular complexity index is 1280. The number of ketones is 1. The zero-order chi connectivity index (χ0) is 20.5. The number of rotatable bonds is 4. The van der Waals surface area contributed by atoms with E-state index in [4.69, 9.17) is 10.5 Å². The lowest BCUT2D eigenvalue weighted by atomic mass is 10.0. The van der Waals surface area contributed by atoms with Gasteiger partial charge in [0.25, 0.3) is 5.56 Å². The van der Waals surface area contributed by atoms with Crippen molar-refractivity contribution in [3.8, 4) is 10.6 Å². The molecule has 0 saturated heterocycles. The molecule has 7 nitrogen and oxygen atoms in total. The van der Waals surface area contributed by atoms with Gasteiger partial charge in [0.2, 0.25) is 10.7 Å². The summed E-state index contributed by atoms with van der Waals surface area (Å²) in [7, 11) is 0. The minimum atomic E-state index is -0.452. The van der Waals surface area contributed by atoms with Crippen LogP contribution in [0.4, 0.5) is 5.82 Å². The Balaban J connectivity index is 1.83. The second-order valence-electron chi connectivity index (χ2n) is 6.42. The Morgan fingerprint density at radius 1 is 1.24 bits per heavy atom. The van der Waals surface area contributed by atoms with E-state index in [-0.39, 0.29) is 22.9 Å². The van der Waals surface area contributed by atoms with Crippen molar-refractivity contribution in [2.75, 3.05) is 12.3 Å². The van der Waals surface area contributed by atoms with Crippen LogP contribution in [0.15, 0.2) is 58.6 Å². The van der Waals surface area contributed by atoms with Gasteiger partial charge in [-0.3, -0.25) is 9.59 Å². The smallest absolute Gasteiger partial charge is 0.283 e. The maximum Gasteiger partial charge on any atom is 0.283 e. The Kier molecular flexibility index (Phi) is 4.85. The van der Waals surface area contributed by atoms with Crippen molar-refractivity contribution < 1.29 is 9.53 Å². The van der Waals surface area contributed by atoms with Crippen molar-refractivity contribution in [2.24, 2.45) is 0 Å². The molecule has 146 valence electrons. The third-order valence-electron chi connectivity index (χ3n) is 4.45. The zero-order valence-corrected chi connectivity index (χ0v) is 16.7. The predicted molar refractivity (Wildman–Crippen MR) is 114 cm³/mol. The first-order chi connectivity index (χ1) is 14.0. The van der Waals surface area contributed by atoms with Gasteiger partial charge in [-0.25, -0.2) is 0 Å². The van der Waals surface area contributed by atoms with Crippen LogP contribution in [0.5, 0.6) is 0 Å². The van der Waals surface area contributed by atoms with E-state index in [0.717, 1.165) is 16.1 Å². The number of hydrogen-bond donors (Lipinski definition) is 1. The molecule has 0 amide bonds. The van der Waals surface area contributed by atoms with Crippen LogP contribution >= 0.6 is 11.3 Å². The number of nitrogen functional groups attached to an aromatic ring is 1. The van der Waals surface area contributed by atoms with E-state index in [1.165, 1.54) is 21.9 Å². The molecule has 0 bridgehead atoms. The van der Waals surface area contributed by atoms with Crippen molar-refractivity contribution in [1.29, 1.82) is 0 Å². The van der Waals surface area contributed by atoms with Crippen LogP contribution in [0.2, 0.25) is 0 Å². The fourth-order valence-electron chi connectivity index (χ4n) is 2.99. The summed E-state index contributed by atoms with van der Waals surface area (Å²) in [5.74, 6) is 0.203. The Labute approximate surface area is 170 Å². The van der Waals surface area contributed by atoms with Gasteiger partial charge in [-0.15, -0.1) is 0 Å². The Morgan fingerprint density at radius 2 is 2.03 bits per heavy atom. The average Bonchev–Trinajstić information content (AvgIpc) is 3.12. The van der Waals surface area contributed by atoms with E-state index in [9.17, 15) is 9.59 Å². The lowest BCUT2D eigenvalue weighted by Gasteiger charge is -2.10. The molecule has 1 aliphatic rings. The summed E-state index contributed by atoms with van der Waals surface area (Å²) in [6, 6.07) is 7.85. The average molecular weight is 406 g/mol. The van der Waals surface area contributed by atoms with Crippen molar-refractivity contribution in [3.05, 3.63) is 75.3 Å². The van der Waals surface area contributed by atoms with Gasteiger partial charge < -0.3 is 10.5 Å². The highest BCUT2D eigenvalue weighted by atomic mass is 32.1. The first-order valence-corrected chi connectivity index (χ1v) is 9.83. The van der Waals surface area contributed by atoms with Gasteiger partial charge in [0.15, 0.2) is 5.76 Å². The molecule has 2 heterocycles. The van der Waals surface area contributed by atoms with E-state index in [1.54, 1.807) is 25.2 Å². The van der Waals surface area contributed by atoms with E-state index in [0.29, 0.717) is 17.1 Å². The standard InChI is InChI=1S/C21H18N4O3S/c1-3-28-17-11-13(8-9-16(17)26)10-15-18(22)25-21(23-19(15)27)29-20(24-25)14-7-5-4-6-12(14)2/h4-11H,3,22H2,1-2H3/b13-10-.